The van der Waals surface area contributed by atoms with Gasteiger partial charge in [0, 0.05) is 75.7 Å². The summed E-state index contributed by atoms with van der Waals surface area (Å²) < 4.78 is 45.4. The first kappa shape index (κ1) is 46.6. The zero-order valence-electron chi connectivity index (χ0n) is 28.5. The Bertz CT molecular complexity index is 858. The van der Waals surface area contributed by atoms with Crippen LogP contribution in [0, 0.1) is 17.8 Å². The van der Waals surface area contributed by atoms with Crippen molar-refractivity contribution in [2.24, 2.45) is 17.8 Å². The highest BCUT2D eigenvalue weighted by molar-refractivity contribution is 8.00. The number of aliphatic carboxylic acids is 1. The fraction of sp³-hybridized carbons (Fsp3) is 0.871. The minimum Gasteiger partial charge on any atom is -0.481 e. The first-order valence-corrected chi connectivity index (χ1v) is 21.0. The molecule has 0 saturated carbocycles. The molecule has 1 heterocycles. The predicted octanol–water partition coefficient (Wildman–Crippen LogP) is 6.68. The monoisotopic (exact) mass is 718 g/mol. The molecule has 0 unspecified atom stereocenters. The lowest BCUT2D eigenvalue weighted by Crippen LogP contribution is -2.07. The maximum atomic E-state index is 10.4. The van der Waals surface area contributed by atoms with Gasteiger partial charge in [0.15, 0.2) is 0 Å². The first-order chi connectivity index (χ1) is 21.3. The van der Waals surface area contributed by atoms with Crippen molar-refractivity contribution in [1.29, 1.82) is 0 Å². The van der Waals surface area contributed by atoms with Gasteiger partial charge < -0.3 is 24.3 Å². The Morgan fingerprint density at radius 2 is 1.22 bits per heavy atom. The van der Waals surface area contributed by atoms with Crippen LogP contribution in [0.1, 0.15) is 73.1 Å². The number of rotatable bonds is 27. The molecule has 1 aromatic rings. The molecule has 0 radical (unpaired) electrons. The van der Waals surface area contributed by atoms with E-state index in [4.69, 9.17) is 23.9 Å². The number of thioether (sulfide) groups is 3. The van der Waals surface area contributed by atoms with Gasteiger partial charge in [-0.25, -0.2) is 4.98 Å². The van der Waals surface area contributed by atoms with Crippen LogP contribution in [0.5, 0.6) is 0 Å². The van der Waals surface area contributed by atoms with Gasteiger partial charge in [0.25, 0.3) is 10.1 Å². The summed E-state index contributed by atoms with van der Waals surface area (Å²) in [5.41, 5.74) is 0. The SMILES string of the molecule is CC(C)COCCCSCCC(=O)O.CC(C)COCCCSCCS(=O)(=O)O.CC(C)COCCCSCCc1ncc[nH]1. The van der Waals surface area contributed by atoms with Crippen molar-refractivity contribution in [3.8, 4) is 0 Å². The van der Waals surface area contributed by atoms with Gasteiger partial charge in [-0.15, -0.1) is 0 Å². The van der Waals surface area contributed by atoms with E-state index in [1.807, 2.05) is 18.0 Å². The molecule has 3 N–H and O–H groups in total. The first-order valence-electron chi connectivity index (χ1n) is 15.9. The summed E-state index contributed by atoms with van der Waals surface area (Å²) >= 11 is 5.17. The smallest absolute Gasteiger partial charge is 0.304 e. The van der Waals surface area contributed by atoms with Crippen molar-refractivity contribution >= 4 is 51.4 Å². The van der Waals surface area contributed by atoms with Crippen LogP contribution in [0.4, 0.5) is 0 Å². The zero-order chi connectivity index (χ0) is 34.2. The molecule has 14 heteroatoms. The van der Waals surface area contributed by atoms with Crippen LogP contribution in [0.15, 0.2) is 12.4 Å². The molecule has 0 aliphatic carbocycles. The number of carbonyl (C=O) groups is 1. The molecule has 0 atom stereocenters. The van der Waals surface area contributed by atoms with Crippen molar-refractivity contribution in [3.63, 3.8) is 0 Å². The predicted molar refractivity (Wildman–Crippen MR) is 194 cm³/mol. The molecule has 1 aromatic heterocycles. The van der Waals surface area contributed by atoms with Crippen LogP contribution in [0.25, 0.3) is 0 Å². The van der Waals surface area contributed by atoms with Gasteiger partial charge in [-0.05, 0) is 54.3 Å². The van der Waals surface area contributed by atoms with Crippen molar-refractivity contribution in [1.82, 2.24) is 9.97 Å². The van der Waals surface area contributed by atoms with Gasteiger partial charge >= 0.3 is 5.97 Å². The van der Waals surface area contributed by atoms with Gasteiger partial charge in [-0.2, -0.15) is 43.7 Å². The standard InChI is InChI=1S/C12H22N2OS.C10H20O3S.C9H20O4S2/c1-11(2)10-15-7-3-8-16-9-4-12-13-5-6-14-12;1-9(2)8-13-5-3-6-14-7-4-10(11)12;1-9(2)8-13-4-3-5-14-6-7-15(10,11)12/h5-6,11H,3-4,7-10H2,1-2H3,(H,13,14);9H,3-8H2,1-2H3,(H,11,12);9H,3-8H2,1-2H3,(H,10,11,12). The van der Waals surface area contributed by atoms with E-state index in [1.165, 1.54) is 17.5 Å². The third-order valence-corrected chi connectivity index (χ3v) is 9.26. The molecule has 45 heavy (non-hydrogen) atoms. The molecule has 0 saturated heterocycles. The van der Waals surface area contributed by atoms with Crippen LogP contribution in [0.2, 0.25) is 0 Å². The second-order valence-corrected chi connectivity index (χ2v) is 16.8. The Hall–Kier alpha value is -0.480. The molecule has 0 aliphatic heterocycles. The van der Waals surface area contributed by atoms with E-state index in [9.17, 15) is 13.2 Å². The van der Waals surface area contributed by atoms with Crippen LogP contribution in [-0.2, 0) is 35.5 Å². The van der Waals surface area contributed by atoms with E-state index in [-0.39, 0.29) is 12.2 Å². The third-order valence-electron chi connectivity index (χ3n) is 5.07. The summed E-state index contributed by atoms with van der Waals surface area (Å²) in [6, 6.07) is 0. The van der Waals surface area contributed by atoms with Crippen molar-refractivity contribution in [3.05, 3.63) is 18.2 Å². The summed E-state index contributed by atoms with van der Waals surface area (Å²) in [6.07, 6.45) is 8.05. The Morgan fingerprint density at radius 3 is 1.60 bits per heavy atom. The average Bonchev–Trinajstić information content (AvgIpc) is 3.46. The zero-order valence-corrected chi connectivity index (χ0v) is 31.8. The fourth-order valence-corrected chi connectivity index (χ4v) is 6.53. The lowest BCUT2D eigenvalue weighted by molar-refractivity contribution is -0.136. The van der Waals surface area contributed by atoms with E-state index in [1.54, 1.807) is 18.0 Å². The molecule has 1 rings (SSSR count). The number of nitrogens with zero attached hydrogens (tertiary/aromatic N) is 1. The van der Waals surface area contributed by atoms with Crippen molar-refractivity contribution in [2.75, 3.05) is 79.9 Å². The average molecular weight is 719 g/mol. The second-order valence-electron chi connectivity index (χ2n) is 11.5. The minimum absolute atomic E-state index is 0.162. The van der Waals surface area contributed by atoms with Crippen molar-refractivity contribution in [2.45, 2.75) is 73.6 Å². The van der Waals surface area contributed by atoms with Gasteiger partial charge in [-0.3, -0.25) is 9.35 Å². The van der Waals surface area contributed by atoms with E-state index < -0.39 is 16.1 Å². The van der Waals surface area contributed by atoms with Gasteiger partial charge in [-0.1, -0.05) is 41.5 Å². The van der Waals surface area contributed by atoms with E-state index in [0.29, 0.717) is 29.3 Å². The lowest BCUT2D eigenvalue weighted by Gasteiger charge is -2.06. The number of hydrogen-bond donors (Lipinski definition) is 3. The summed E-state index contributed by atoms with van der Waals surface area (Å²) in [7, 11) is -3.78. The third kappa shape index (κ3) is 45.7. The maximum absolute atomic E-state index is 10.4. The van der Waals surface area contributed by atoms with E-state index in [2.05, 4.69) is 51.5 Å². The largest absolute Gasteiger partial charge is 0.481 e. The maximum Gasteiger partial charge on any atom is 0.304 e. The molecule has 0 fully saturated rings. The molecular weight excluding hydrogens is 657 g/mol. The van der Waals surface area contributed by atoms with Crippen LogP contribution >= 0.6 is 35.3 Å². The molecular formula is C31H62N2O8S4. The highest BCUT2D eigenvalue weighted by atomic mass is 32.2. The van der Waals surface area contributed by atoms with Crippen molar-refractivity contribution < 1.29 is 37.1 Å². The van der Waals surface area contributed by atoms with Crippen LogP contribution in [0.3, 0.4) is 0 Å². The van der Waals surface area contributed by atoms with Gasteiger partial charge in [0.2, 0.25) is 0 Å². The summed E-state index contributed by atoms with van der Waals surface area (Å²) in [6.45, 7) is 17.7. The summed E-state index contributed by atoms with van der Waals surface area (Å²) in [5.74, 6) is 7.33. The Morgan fingerprint density at radius 1 is 0.778 bits per heavy atom. The molecule has 0 bridgehead atoms. The minimum atomic E-state index is -3.78. The van der Waals surface area contributed by atoms with Crippen LogP contribution in [-0.4, -0.2) is 114 Å². The fourth-order valence-electron chi connectivity index (χ4n) is 2.98. The molecule has 0 aliphatic rings. The summed E-state index contributed by atoms with van der Waals surface area (Å²) in [5, 5.41) is 8.38. The number of carboxylic acid groups (broad SMARTS) is 1. The number of nitrogens with one attached hydrogen (secondary N) is 1. The summed E-state index contributed by atoms with van der Waals surface area (Å²) in [4.78, 5) is 17.5. The Labute approximate surface area is 286 Å². The van der Waals surface area contributed by atoms with Gasteiger partial charge in [0.05, 0.1) is 12.2 Å². The van der Waals surface area contributed by atoms with Crippen LogP contribution < -0.4 is 0 Å². The lowest BCUT2D eigenvalue weighted by atomic mass is 10.2. The molecule has 0 aromatic carbocycles. The van der Waals surface area contributed by atoms with Gasteiger partial charge in [0.1, 0.15) is 5.82 Å². The molecule has 0 amide bonds. The Balaban J connectivity index is 0. The number of imidazole rings is 1. The van der Waals surface area contributed by atoms with E-state index in [0.717, 1.165) is 88.4 Å². The number of aromatic amines is 1. The molecule has 268 valence electrons. The Kier molecular flexibility index (Phi) is 34.6. The quantitative estimate of drug-likeness (QED) is 0.0659. The number of hydrogen-bond acceptors (Lipinski definition) is 10. The normalized spacial score (nSPS) is 11.4. The highest BCUT2D eigenvalue weighted by Gasteiger charge is 2.03. The number of carboxylic acids is 1. The number of aromatic nitrogens is 2. The second kappa shape index (κ2) is 33.4. The number of H-pyrrole nitrogens is 1. The highest BCUT2D eigenvalue weighted by Crippen LogP contribution is 2.07. The topological polar surface area (TPSA) is 148 Å². The molecule has 0 spiro atoms. The molecule has 10 nitrogen and oxygen atoms in total. The number of ether oxygens (including phenoxy) is 3. The van der Waals surface area contributed by atoms with E-state index >= 15 is 0 Å². The number of aryl methyl sites for hydroxylation is 1.